The third kappa shape index (κ3) is 7.37. The summed E-state index contributed by atoms with van der Waals surface area (Å²) >= 11 is 0. The number of likely N-dealkylation sites (N-methyl/N-ethyl adjacent to an activating group) is 1. The zero-order valence-corrected chi connectivity index (χ0v) is 16.3. The number of rotatable bonds is 10. The Kier molecular flexibility index (Phi) is 9.62. The highest BCUT2D eigenvalue weighted by Crippen LogP contribution is 2.10. The van der Waals surface area contributed by atoms with E-state index in [1.54, 1.807) is 17.6 Å². The van der Waals surface area contributed by atoms with Crippen LogP contribution in [0.2, 0.25) is 0 Å². The van der Waals surface area contributed by atoms with Crippen LogP contribution in [-0.4, -0.2) is 40.2 Å². The van der Waals surface area contributed by atoms with E-state index >= 15 is 0 Å². The predicted octanol–water partition coefficient (Wildman–Crippen LogP) is 3.11. The number of carbonyl (C=O) groups is 1. The van der Waals surface area contributed by atoms with Crippen molar-refractivity contribution in [3.05, 3.63) is 41.5 Å². The van der Waals surface area contributed by atoms with Crippen LogP contribution in [0.1, 0.15) is 46.1 Å². The van der Waals surface area contributed by atoms with Gasteiger partial charge in [-0.05, 0) is 55.6 Å². The van der Waals surface area contributed by atoms with Gasteiger partial charge >= 0.3 is 0 Å². The fourth-order valence-corrected chi connectivity index (χ4v) is 2.57. The summed E-state index contributed by atoms with van der Waals surface area (Å²) < 4.78 is 1.88. The molecule has 0 atom stereocenters. The van der Waals surface area contributed by atoms with E-state index < -0.39 is 5.91 Å². The first-order valence-corrected chi connectivity index (χ1v) is 9.22. The summed E-state index contributed by atoms with van der Waals surface area (Å²) in [6.07, 6.45) is 8.87. The molecule has 1 rings (SSSR count). The average molecular weight is 361 g/mol. The molecule has 0 radical (unpaired) electrons. The maximum atomic E-state index is 11.1. The van der Waals surface area contributed by atoms with Crippen molar-refractivity contribution in [2.24, 2.45) is 5.92 Å². The molecule has 0 saturated carbocycles. The van der Waals surface area contributed by atoms with Gasteiger partial charge in [0.15, 0.2) is 0 Å². The van der Waals surface area contributed by atoms with Gasteiger partial charge in [-0.25, -0.2) is 5.48 Å². The Labute approximate surface area is 156 Å². The molecular weight excluding hydrogens is 328 g/mol. The molecule has 0 aromatic carbocycles. The number of hydrogen-bond donors (Lipinski definition) is 3. The summed E-state index contributed by atoms with van der Waals surface area (Å²) in [6, 6.07) is 3.56. The predicted molar refractivity (Wildman–Crippen MR) is 105 cm³/mol. The minimum atomic E-state index is -0.594. The van der Waals surface area contributed by atoms with Gasteiger partial charge in [-0.15, -0.1) is 0 Å². The third-order valence-electron chi connectivity index (χ3n) is 4.12. The lowest BCUT2D eigenvalue weighted by Crippen LogP contribution is -2.31. The number of hydrogen-bond acceptors (Lipinski definition) is 4. The van der Waals surface area contributed by atoms with Crippen LogP contribution in [0.5, 0.6) is 0 Å². The van der Waals surface area contributed by atoms with Crippen molar-refractivity contribution < 1.29 is 10.0 Å². The molecule has 0 aliphatic heterocycles. The van der Waals surface area contributed by atoms with Crippen LogP contribution in [0.25, 0.3) is 11.8 Å². The molecule has 6 nitrogen and oxygen atoms in total. The van der Waals surface area contributed by atoms with Crippen LogP contribution in [0, 0.1) is 11.3 Å². The second kappa shape index (κ2) is 11.4. The number of nitrogens with zero attached hydrogens (tertiary/aromatic N) is 2. The second-order valence-electron chi connectivity index (χ2n) is 6.68. The lowest BCUT2D eigenvalue weighted by Gasteiger charge is -2.24. The molecule has 0 bridgehead atoms. The summed E-state index contributed by atoms with van der Waals surface area (Å²) in [4.78, 5) is 13.5. The van der Waals surface area contributed by atoms with E-state index in [1.165, 1.54) is 6.08 Å². The van der Waals surface area contributed by atoms with Crippen molar-refractivity contribution in [3.63, 3.8) is 0 Å². The van der Waals surface area contributed by atoms with E-state index in [-0.39, 0.29) is 0 Å². The molecule has 0 spiro atoms. The number of hydroxylamine groups is 1. The Bertz CT molecular complexity index is 689. The van der Waals surface area contributed by atoms with Crippen molar-refractivity contribution >= 4 is 17.7 Å². The fraction of sp³-hybridized carbons (Fsp3) is 0.500. The van der Waals surface area contributed by atoms with E-state index in [0.717, 1.165) is 43.7 Å². The standard InChI is InChI=1S/C20H32N4O2/c1-5-7-18(15-23(6-2)12-10-16(3)4)24-13-11-17(14-19(24)21)8-9-20(25)22-26/h7-9,11,13-14,16,21,26H,5-6,10,12,15H2,1-4H3,(H,22,25)/b9-8+,18-7+,21-19?. The summed E-state index contributed by atoms with van der Waals surface area (Å²) in [5, 5.41) is 16.9. The van der Waals surface area contributed by atoms with E-state index in [4.69, 9.17) is 10.6 Å². The highest BCUT2D eigenvalue weighted by Gasteiger charge is 2.09. The van der Waals surface area contributed by atoms with Gasteiger partial charge in [0.05, 0.1) is 0 Å². The van der Waals surface area contributed by atoms with Gasteiger partial charge in [0, 0.05) is 24.5 Å². The second-order valence-corrected chi connectivity index (χ2v) is 6.68. The first-order valence-electron chi connectivity index (χ1n) is 9.22. The van der Waals surface area contributed by atoms with Crippen LogP contribution in [0.15, 0.2) is 30.5 Å². The Balaban J connectivity index is 2.99. The molecule has 26 heavy (non-hydrogen) atoms. The normalized spacial score (nSPS) is 12.3. The molecule has 1 aromatic rings. The van der Waals surface area contributed by atoms with Gasteiger partial charge in [0.25, 0.3) is 5.91 Å². The highest BCUT2D eigenvalue weighted by atomic mass is 16.5. The maximum Gasteiger partial charge on any atom is 0.267 e. The minimum absolute atomic E-state index is 0.358. The molecule has 0 saturated heterocycles. The first kappa shape index (κ1) is 21.9. The number of pyridine rings is 1. The first-order chi connectivity index (χ1) is 12.4. The van der Waals surface area contributed by atoms with E-state index in [9.17, 15) is 4.79 Å². The van der Waals surface area contributed by atoms with E-state index in [2.05, 4.69) is 38.7 Å². The van der Waals surface area contributed by atoms with Crippen molar-refractivity contribution in [2.45, 2.75) is 40.5 Å². The summed E-state index contributed by atoms with van der Waals surface area (Å²) in [7, 11) is 0. The summed E-state index contributed by atoms with van der Waals surface area (Å²) in [6.45, 7) is 11.5. The minimum Gasteiger partial charge on any atom is -0.305 e. The Morgan fingerprint density at radius 1 is 1.42 bits per heavy atom. The number of amides is 1. The highest BCUT2D eigenvalue weighted by molar-refractivity contribution is 5.90. The molecule has 0 aliphatic carbocycles. The molecule has 1 heterocycles. The molecule has 1 amide bonds. The molecule has 6 heteroatoms. The lowest BCUT2D eigenvalue weighted by atomic mass is 10.1. The van der Waals surface area contributed by atoms with Gasteiger partial charge in [-0.3, -0.25) is 20.3 Å². The van der Waals surface area contributed by atoms with Gasteiger partial charge in [-0.2, -0.15) is 0 Å². The molecule has 144 valence electrons. The lowest BCUT2D eigenvalue weighted by molar-refractivity contribution is -0.124. The van der Waals surface area contributed by atoms with Gasteiger partial charge in [0.2, 0.25) is 0 Å². The summed E-state index contributed by atoms with van der Waals surface area (Å²) in [5.74, 6) is 0.0767. The number of aromatic nitrogens is 1. The van der Waals surface area contributed by atoms with Gasteiger partial charge in [0.1, 0.15) is 5.49 Å². The molecule has 0 fully saturated rings. The van der Waals surface area contributed by atoms with Gasteiger partial charge < -0.3 is 4.57 Å². The van der Waals surface area contributed by atoms with Crippen molar-refractivity contribution in [3.8, 4) is 0 Å². The third-order valence-corrected chi connectivity index (χ3v) is 4.12. The smallest absolute Gasteiger partial charge is 0.267 e. The van der Waals surface area contributed by atoms with Crippen molar-refractivity contribution in [2.75, 3.05) is 19.6 Å². The Morgan fingerprint density at radius 2 is 2.15 bits per heavy atom. The van der Waals surface area contributed by atoms with Crippen LogP contribution in [0.4, 0.5) is 0 Å². The number of allylic oxidation sites excluding steroid dienone is 1. The number of carbonyl (C=O) groups excluding carboxylic acids is 1. The van der Waals surface area contributed by atoms with Gasteiger partial charge in [-0.1, -0.05) is 33.8 Å². The quantitative estimate of drug-likeness (QED) is 0.341. The topological polar surface area (TPSA) is 81.3 Å². The van der Waals surface area contributed by atoms with E-state index in [0.29, 0.717) is 11.4 Å². The monoisotopic (exact) mass is 360 g/mol. The molecular formula is C20H32N4O2. The molecule has 3 N–H and O–H groups in total. The SMILES string of the molecule is CC/C=C(\CN(CC)CCC(C)C)n1ccc(/C=C/C(=O)NO)cc1=N. The van der Waals surface area contributed by atoms with Crippen LogP contribution in [0.3, 0.4) is 0 Å². The molecule has 1 aromatic heterocycles. The van der Waals surface area contributed by atoms with Crippen molar-refractivity contribution in [1.29, 1.82) is 5.41 Å². The maximum absolute atomic E-state index is 11.1. The zero-order chi connectivity index (χ0) is 19.5. The van der Waals surface area contributed by atoms with Crippen LogP contribution < -0.4 is 11.0 Å². The van der Waals surface area contributed by atoms with Crippen LogP contribution in [-0.2, 0) is 4.79 Å². The van der Waals surface area contributed by atoms with Crippen molar-refractivity contribution in [1.82, 2.24) is 14.9 Å². The van der Waals surface area contributed by atoms with Crippen LogP contribution >= 0.6 is 0 Å². The average Bonchev–Trinajstić information content (AvgIpc) is 2.62. The summed E-state index contributed by atoms with van der Waals surface area (Å²) in [5.41, 5.74) is 3.73. The molecule has 0 unspecified atom stereocenters. The fourth-order valence-electron chi connectivity index (χ4n) is 2.57. The Hall–Kier alpha value is -2.18. The number of nitrogens with one attached hydrogen (secondary N) is 2. The van der Waals surface area contributed by atoms with E-state index in [1.807, 2.05) is 16.8 Å². The Morgan fingerprint density at radius 3 is 2.69 bits per heavy atom. The largest absolute Gasteiger partial charge is 0.305 e. The molecule has 0 aliphatic rings. The zero-order valence-electron chi connectivity index (χ0n) is 16.3.